The summed E-state index contributed by atoms with van der Waals surface area (Å²) in [6, 6.07) is 21.7. The van der Waals surface area contributed by atoms with E-state index < -0.39 is 53.9 Å². The molecular weight excluding hydrogens is 893 g/mol. The highest BCUT2D eigenvalue weighted by molar-refractivity contribution is 6.31. The van der Waals surface area contributed by atoms with E-state index in [1.54, 1.807) is 63.2 Å². The van der Waals surface area contributed by atoms with Gasteiger partial charge < -0.3 is 45.0 Å². The zero-order valence-electron chi connectivity index (χ0n) is 35.2. The first-order valence-electron chi connectivity index (χ1n) is 19.8. The summed E-state index contributed by atoms with van der Waals surface area (Å²) in [5.74, 6) is -4.01. The molecule has 0 aliphatic rings. The molecule has 0 bridgehead atoms. The van der Waals surface area contributed by atoms with E-state index in [2.05, 4.69) is 19.7 Å². The van der Waals surface area contributed by atoms with Gasteiger partial charge in [0.2, 0.25) is 0 Å². The lowest BCUT2D eigenvalue weighted by molar-refractivity contribution is -0.153. The number of amides is 1. The Morgan fingerprint density at radius 1 is 0.723 bits per heavy atom. The summed E-state index contributed by atoms with van der Waals surface area (Å²) < 4.78 is 42.6. The molecule has 6 aromatic rings. The van der Waals surface area contributed by atoms with E-state index in [0.29, 0.717) is 50.2 Å². The van der Waals surface area contributed by atoms with Crippen molar-refractivity contribution < 1.29 is 62.0 Å². The lowest BCUT2D eigenvalue weighted by Gasteiger charge is -2.20. The van der Waals surface area contributed by atoms with Crippen molar-refractivity contribution in [2.24, 2.45) is 5.73 Å². The Morgan fingerprint density at radius 3 is 1.62 bits per heavy atom. The Balaban J connectivity index is 0.000000242. The number of benzene rings is 4. The van der Waals surface area contributed by atoms with Crippen molar-refractivity contribution in [2.45, 2.75) is 70.7 Å². The van der Waals surface area contributed by atoms with Gasteiger partial charge in [-0.05, 0) is 98.7 Å². The number of aromatic nitrogens is 2. The molecule has 0 spiro atoms. The van der Waals surface area contributed by atoms with E-state index in [1.165, 1.54) is 42.7 Å². The van der Waals surface area contributed by atoms with E-state index in [-0.39, 0.29) is 43.5 Å². The Labute approximate surface area is 381 Å². The van der Waals surface area contributed by atoms with E-state index in [1.807, 2.05) is 12.1 Å². The Hall–Kier alpha value is -6.50. The lowest BCUT2D eigenvalue weighted by Crippen LogP contribution is -2.40. The minimum Gasteiger partial charge on any atom is -0.479 e. The summed E-state index contributed by atoms with van der Waals surface area (Å²) in [5, 5.41) is 40.3. The highest BCUT2D eigenvalue weighted by Gasteiger charge is 2.24. The van der Waals surface area contributed by atoms with Crippen molar-refractivity contribution in [1.29, 1.82) is 0 Å². The largest absolute Gasteiger partial charge is 0.479 e. The predicted molar refractivity (Wildman–Crippen MR) is 235 cm³/mol. The van der Waals surface area contributed by atoms with Crippen LogP contribution in [-0.4, -0.2) is 85.1 Å². The third-order valence-corrected chi connectivity index (χ3v) is 9.67. The zero-order chi connectivity index (χ0) is 47.8. The topological polar surface area (TPSA) is 249 Å². The van der Waals surface area contributed by atoms with Gasteiger partial charge in [0.05, 0.1) is 19.0 Å². The second kappa shape index (κ2) is 24.5. The highest BCUT2D eigenvalue weighted by atomic mass is 35.5. The molecule has 0 unspecified atom stereocenters. The fourth-order valence-corrected chi connectivity index (χ4v) is 6.44. The zero-order valence-corrected chi connectivity index (χ0v) is 36.7. The molecule has 344 valence electrons. The van der Waals surface area contributed by atoms with Crippen LogP contribution in [0.4, 0.5) is 8.78 Å². The number of aromatic carboxylic acids is 1. The van der Waals surface area contributed by atoms with Crippen LogP contribution in [0.5, 0.6) is 0 Å². The molecule has 1 amide bonds. The number of halogens is 4. The molecule has 4 aromatic carbocycles. The van der Waals surface area contributed by atoms with Crippen LogP contribution in [0, 0.1) is 25.5 Å². The molecule has 65 heavy (non-hydrogen) atoms. The van der Waals surface area contributed by atoms with Crippen LogP contribution >= 0.6 is 23.2 Å². The van der Waals surface area contributed by atoms with Gasteiger partial charge in [-0.2, -0.15) is 0 Å². The van der Waals surface area contributed by atoms with Gasteiger partial charge in [0.25, 0.3) is 5.89 Å². The third kappa shape index (κ3) is 16.2. The number of ether oxygens (including phenoxy) is 1. The molecule has 0 aliphatic heterocycles. The van der Waals surface area contributed by atoms with Gasteiger partial charge in [-0.25, -0.2) is 33.1 Å². The Morgan fingerprint density at radius 2 is 1.20 bits per heavy atom. The number of carboxylic acid groups (broad SMARTS) is 2. The Kier molecular flexibility index (Phi) is 19.3. The number of hydrogen-bond donors (Lipinski definition) is 6. The number of esters is 1. The number of aliphatic hydroxyl groups is 2. The van der Waals surface area contributed by atoms with E-state index in [0.717, 1.165) is 11.1 Å². The number of rotatable bonds is 16. The number of carbonyl (C=O) groups excluding carboxylic acids is 2. The standard InChI is InChI=1S/C22H20ClFN2O5.C19H21ClFNO3.C5H5NO3/c1-12-11-25-21(31-12)20(28)26-16(10-19(27)22(29)30)8-13-2-4-14(5-3-13)17-9-15(23)6-7-18(17)24;1-2-25-19(24)18(23)11-15(22)9-12-3-5-13(6-4-12)16-10-14(20)7-8-17(16)21;1-3-2-6-4(9-3)5(7)8/h2-7,9,11,16,19,27H,8,10H2,1H3,(H,26,28)(H,29,30);3-8,10,15,18,23H,2,9,11,22H2,1H3;2H,1H3,(H,7,8)/t16-,19-;15-,18-;/m11./s1. The lowest BCUT2D eigenvalue weighted by atomic mass is 9.97. The van der Waals surface area contributed by atoms with Crippen LogP contribution in [0.1, 0.15) is 63.8 Å². The monoisotopic (exact) mass is 938 g/mol. The van der Waals surface area contributed by atoms with Crippen LogP contribution in [0.15, 0.2) is 106 Å². The second-order valence-corrected chi connectivity index (χ2v) is 15.3. The molecule has 2 aromatic heterocycles. The van der Waals surface area contributed by atoms with Gasteiger partial charge in [-0.3, -0.25) is 4.79 Å². The van der Waals surface area contributed by atoms with Gasteiger partial charge in [-0.15, -0.1) is 0 Å². The van der Waals surface area contributed by atoms with Crippen LogP contribution in [0.2, 0.25) is 10.0 Å². The molecule has 7 N–H and O–H groups in total. The van der Waals surface area contributed by atoms with E-state index in [9.17, 15) is 38.2 Å². The maximum atomic E-state index is 14.1. The first-order valence-corrected chi connectivity index (χ1v) is 20.6. The number of aryl methyl sites for hydroxylation is 2. The van der Waals surface area contributed by atoms with E-state index in [4.69, 9.17) is 48.3 Å². The molecule has 4 atom stereocenters. The van der Waals surface area contributed by atoms with Crippen LogP contribution in [-0.2, 0) is 27.2 Å². The summed E-state index contributed by atoms with van der Waals surface area (Å²) in [5.41, 5.74) is 9.77. The summed E-state index contributed by atoms with van der Waals surface area (Å²) in [6.45, 7) is 5.17. The first-order chi connectivity index (χ1) is 30.8. The van der Waals surface area contributed by atoms with Gasteiger partial charge >= 0.3 is 29.7 Å². The molecule has 2 heterocycles. The van der Waals surface area contributed by atoms with Crippen LogP contribution in [0.3, 0.4) is 0 Å². The normalized spacial score (nSPS) is 12.6. The van der Waals surface area contributed by atoms with Crippen molar-refractivity contribution in [3.63, 3.8) is 0 Å². The minimum absolute atomic E-state index is 0.115. The number of oxazole rings is 2. The molecule has 15 nitrogen and oxygen atoms in total. The number of nitrogens with zero attached hydrogens (tertiary/aromatic N) is 2. The molecule has 6 rings (SSSR count). The molecule has 0 fully saturated rings. The van der Waals surface area contributed by atoms with Gasteiger partial charge in [0, 0.05) is 39.7 Å². The molecular formula is C46H46Cl2F2N4O11. The fourth-order valence-electron chi connectivity index (χ4n) is 6.09. The number of hydrogen-bond acceptors (Lipinski definition) is 12. The average molecular weight is 940 g/mol. The molecule has 0 radical (unpaired) electrons. The summed E-state index contributed by atoms with van der Waals surface area (Å²) in [6.07, 6.45) is 0.483. The van der Waals surface area contributed by atoms with Crippen molar-refractivity contribution in [2.75, 3.05) is 6.61 Å². The van der Waals surface area contributed by atoms with Gasteiger partial charge in [-0.1, -0.05) is 71.7 Å². The summed E-state index contributed by atoms with van der Waals surface area (Å²) >= 11 is 11.9. The van der Waals surface area contributed by atoms with Gasteiger partial charge in [0.15, 0.2) is 12.2 Å². The second-order valence-electron chi connectivity index (χ2n) is 14.4. The highest BCUT2D eigenvalue weighted by Crippen LogP contribution is 2.28. The van der Waals surface area contributed by atoms with Crippen molar-refractivity contribution in [1.82, 2.24) is 15.3 Å². The third-order valence-electron chi connectivity index (χ3n) is 9.20. The molecule has 0 aliphatic carbocycles. The van der Waals surface area contributed by atoms with Crippen molar-refractivity contribution in [3.8, 4) is 22.3 Å². The van der Waals surface area contributed by atoms with E-state index >= 15 is 0 Å². The van der Waals surface area contributed by atoms with Crippen molar-refractivity contribution in [3.05, 3.63) is 153 Å². The SMILES string of the molecule is CCOC(=O)[C@H](O)C[C@H](N)Cc1ccc(-c2cc(Cl)ccc2F)cc1.Cc1cnc(C(=O)N[C@H](Cc2ccc(-c3cc(Cl)ccc3F)cc2)C[C@@H](O)C(=O)O)o1.Cc1cnc(C(=O)O)o1. The number of aliphatic hydroxyl groups excluding tert-OH is 2. The first kappa shape index (κ1) is 51.1. The van der Waals surface area contributed by atoms with Gasteiger partial charge in [0.1, 0.15) is 23.2 Å². The summed E-state index contributed by atoms with van der Waals surface area (Å²) in [7, 11) is 0. The summed E-state index contributed by atoms with van der Waals surface area (Å²) in [4.78, 5) is 52.2. The van der Waals surface area contributed by atoms with Crippen molar-refractivity contribution >= 4 is 47.0 Å². The average Bonchev–Trinajstić information content (AvgIpc) is 3.92. The number of nitrogens with one attached hydrogen (secondary N) is 1. The number of carbonyl (C=O) groups is 4. The molecule has 19 heteroatoms. The predicted octanol–water partition coefficient (Wildman–Crippen LogP) is 7.63. The van der Waals surface area contributed by atoms with Crippen LogP contribution in [0.25, 0.3) is 22.3 Å². The number of carboxylic acids is 2. The number of aliphatic carboxylic acids is 1. The minimum atomic E-state index is -1.66. The number of nitrogens with two attached hydrogens (primary N) is 1. The maximum absolute atomic E-state index is 14.1. The quantitative estimate of drug-likeness (QED) is 0.0511. The molecule has 0 saturated carbocycles. The molecule has 0 saturated heterocycles. The smallest absolute Gasteiger partial charge is 0.392 e. The Bertz CT molecular complexity index is 2540. The maximum Gasteiger partial charge on any atom is 0.392 e. The van der Waals surface area contributed by atoms with Crippen LogP contribution < -0.4 is 11.1 Å². The fraction of sp³-hybridized carbons (Fsp3) is 0.261.